The summed E-state index contributed by atoms with van der Waals surface area (Å²) in [5.74, 6) is -0.175. The van der Waals surface area contributed by atoms with Crippen molar-refractivity contribution in [1.29, 1.82) is 0 Å². The van der Waals surface area contributed by atoms with Gasteiger partial charge in [0.15, 0.2) is 0 Å². The predicted octanol–water partition coefficient (Wildman–Crippen LogP) is 2.45. The lowest BCUT2D eigenvalue weighted by Crippen LogP contribution is -2.38. The molecule has 2 aromatic rings. The summed E-state index contributed by atoms with van der Waals surface area (Å²) in [7, 11) is 0. The van der Waals surface area contributed by atoms with Crippen molar-refractivity contribution < 1.29 is 14.7 Å². The number of hydrogen-bond donors (Lipinski definition) is 3. The molecule has 2 amide bonds. The summed E-state index contributed by atoms with van der Waals surface area (Å²) in [5.41, 5.74) is 1.95. The smallest absolute Gasteiger partial charge is 0.261 e. The Balaban J connectivity index is 1.75. The number of amides is 2. The molecule has 1 aromatic carbocycles. The molecule has 128 valence electrons. The van der Waals surface area contributed by atoms with Gasteiger partial charge in [0, 0.05) is 6.54 Å². The van der Waals surface area contributed by atoms with Crippen LogP contribution < -0.4 is 10.6 Å². The van der Waals surface area contributed by atoms with Crippen LogP contribution in [0.2, 0.25) is 0 Å². The Bertz CT molecular complexity index is 666. The van der Waals surface area contributed by atoms with Crippen LogP contribution in [-0.2, 0) is 4.79 Å². The first-order valence-corrected chi connectivity index (χ1v) is 8.71. The van der Waals surface area contributed by atoms with E-state index in [0.29, 0.717) is 10.8 Å². The van der Waals surface area contributed by atoms with Gasteiger partial charge in [-0.3, -0.25) is 9.59 Å². The maximum absolute atomic E-state index is 11.8. The molecule has 0 spiro atoms. The zero-order valence-electron chi connectivity index (χ0n) is 13.8. The molecule has 1 atom stereocenters. The molecule has 0 radical (unpaired) electrons. The summed E-state index contributed by atoms with van der Waals surface area (Å²) in [5, 5.41) is 17.1. The fourth-order valence-electron chi connectivity index (χ4n) is 2.15. The first-order chi connectivity index (χ1) is 11.5. The number of carbonyl (C=O) groups is 2. The Morgan fingerprint density at radius 2 is 1.75 bits per heavy atom. The largest absolute Gasteiger partial charge is 0.387 e. The highest BCUT2D eigenvalue weighted by atomic mass is 32.1. The summed E-state index contributed by atoms with van der Waals surface area (Å²) in [4.78, 5) is 24.1. The van der Waals surface area contributed by atoms with Crippen LogP contribution in [0.1, 0.15) is 46.7 Å². The standard InChI is InChI=1S/C18H22N2O3S/c1-12(2)13-5-7-14(8-6-13)15(21)10-19-17(22)11-20-18(23)16-4-3-9-24-16/h3-9,12,15,21H,10-11H2,1-2H3,(H,19,22)(H,20,23). The van der Waals surface area contributed by atoms with Gasteiger partial charge in [-0.05, 0) is 28.5 Å². The first-order valence-electron chi connectivity index (χ1n) is 7.83. The van der Waals surface area contributed by atoms with E-state index in [4.69, 9.17) is 0 Å². The molecule has 24 heavy (non-hydrogen) atoms. The molecule has 0 aliphatic rings. The molecular formula is C18H22N2O3S. The van der Waals surface area contributed by atoms with E-state index in [-0.39, 0.29) is 24.9 Å². The number of benzene rings is 1. The third-order valence-electron chi connectivity index (χ3n) is 3.63. The summed E-state index contributed by atoms with van der Waals surface area (Å²) in [6, 6.07) is 11.2. The molecule has 6 heteroatoms. The fourth-order valence-corrected chi connectivity index (χ4v) is 2.79. The normalized spacial score (nSPS) is 12.0. The zero-order valence-corrected chi connectivity index (χ0v) is 14.6. The number of aliphatic hydroxyl groups excluding tert-OH is 1. The number of nitrogens with one attached hydrogen (secondary N) is 2. The molecule has 0 aliphatic heterocycles. The van der Waals surface area contributed by atoms with Crippen molar-refractivity contribution in [3.05, 3.63) is 57.8 Å². The van der Waals surface area contributed by atoms with Crippen molar-refractivity contribution in [2.75, 3.05) is 13.1 Å². The summed E-state index contributed by atoms with van der Waals surface area (Å²) >= 11 is 1.32. The van der Waals surface area contributed by atoms with Crippen LogP contribution in [-0.4, -0.2) is 30.0 Å². The van der Waals surface area contributed by atoms with Gasteiger partial charge in [0.2, 0.25) is 5.91 Å². The lowest BCUT2D eigenvalue weighted by atomic mass is 10.00. The Morgan fingerprint density at radius 3 is 2.33 bits per heavy atom. The van der Waals surface area contributed by atoms with Crippen molar-refractivity contribution in [2.45, 2.75) is 25.9 Å². The van der Waals surface area contributed by atoms with Crippen LogP contribution in [0.5, 0.6) is 0 Å². The maximum atomic E-state index is 11.8. The molecule has 3 N–H and O–H groups in total. The maximum Gasteiger partial charge on any atom is 0.261 e. The minimum Gasteiger partial charge on any atom is -0.387 e. The number of rotatable bonds is 7. The van der Waals surface area contributed by atoms with Crippen molar-refractivity contribution in [2.24, 2.45) is 0 Å². The highest BCUT2D eigenvalue weighted by molar-refractivity contribution is 7.12. The van der Waals surface area contributed by atoms with Gasteiger partial charge in [0.05, 0.1) is 17.5 Å². The summed E-state index contributed by atoms with van der Waals surface area (Å²) in [6.45, 7) is 4.21. The molecule has 0 saturated carbocycles. The van der Waals surface area contributed by atoms with Gasteiger partial charge < -0.3 is 15.7 Å². The highest BCUT2D eigenvalue weighted by Gasteiger charge is 2.12. The van der Waals surface area contributed by atoms with Crippen molar-refractivity contribution >= 4 is 23.2 Å². The van der Waals surface area contributed by atoms with Crippen LogP contribution in [0.15, 0.2) is 41.8 Å². The van der Waals surface area contributed by atoms with Gasteiger partial charge in [-0.1, -0.05) is 44.2 Å². The van der Waals surface area contributed by atoms with Gasteiger partial charge >= 0.3 is 0 Å². The highest BCUT2D eigenvalue weighted by Crippen LogP contribution is 2.18. The lowest BCUT2D eigenvalue weighted by Gasteiger charge is -2.14. The first kappa shape index (κ1) is 18.2. The fraction of sp³-hybridized carbons (Fsp3) is 0.333. The number of aliphatic hydroxyl groups is 1. The van der Waals surface area contributed by atoms with Crippen LogP contribution in [0.4, 0.5) is 0 Å². The molecule has 0 saturated heterocycles. The van der Waals surface area contributed by atoms with E-state index in [0.717, 1.165) is 5.56 Å². The van der Waals surface area contributed by atoms with Gasteiger partial charge in [-0.25, -0.2) is 0 Å². The second-order valence-corrected chi connectivity index (χ2v) is 6.75. The van der Waals surface area contributed by atoms with Crippen LogP contribution in [0.3, 0.4) is 0 Å². The third-order valence-corrected chi connectivity index (χ3v) is 4.50. The van der Waals surface area contributed by atoms with E-state index in [1.165, 1.54) is 16.9 Å². The monoisotopic (exact) mass is 346 g/mol. The number of thiophene rings is 1. The van der Waals surface area contributed by atoms with Gasteiger partial charge in [0.1, 0.15) is 0 Å². The Kier molecular flexibility index (Phi) is 6.52. The average Bonchev–Trinajstić information content (AvgIpc) is 3.12. The predicted molar refractivity (Wildman–Crippen MR) is 95.2 cm³/mol. The van der Waals surface area contributed by atoms with Crippen molar-refractivity contribution in [3.63, 3.8) is 0 Å². The Hall–Kier alpha value is -2.18. The van der Waals surface area contributed by atoms with Crippen molar-refractivity contribution in [3.8, 4) is 0 Å². The van der Waals surface area contributed by atoms with E-state index in [9.17, 15) is 14.7 Å². The van der Waals surface area contributed by atoms with Crippen LogP contribution >= 0.6 is 11.3 Å². The molecular weight excluding hydrogens is 324 g/mol. The summed E-state index contributed by atoms with van der Waals surface area (Å²) in [6.07, 6.45) is -0.775. The topological polar surface area (TPSA) is 78.4 Å². The van der Waals surface area contributed by atoms with E-state index in [1.807, 2.05) is 24.3 Å². The minimum atomic E-state index is -0.775. The second-order valence-electron chi connectivity index (χ2n) is 5.80. The number of hydrogen-bond acceptors (Lipinski definition) is 4. The molecule has 0 fully saturated rings. The minimum absolute atomic E-state index is 0.106. The van der Waals surface area contributed by atoms with Crippen LogP contribution in [0, 0.1) is 0 Å². The van der Waals surface area contributed by atoms with Crippen molar-refractivity contribution in [1.82, 2.24) is 10.6 Å². The molecule has 1 aromatic heterocycles. The van der Waals surface area contributed by atoms with E-state index < -0.39 is 6.10 Å². The molecule has 5 nitrogen and oxygen atoms in total. The lowest BCUT2D eigenvalue weighted by molar-refractivity contribution is -0.120. The molecule has 1 heterocycles. The van der Waals surface area contributed by atoms with E-state index >= 15 is 0 Å². The molecule has 2 rings (SSSR count). The zero-order chi connectivity index (χ0) is 17.5. The van der Waals surface area contributed by atoms with E-state index in [2.05, 4.69) is 24.5 Å². The molecule has 0 bridgehead atoms. The quantitative estimate of drug-likeness (QED) is 0.720. The Morgan fingerprint density at radius 1 is 1.08 bits per heavy atom. The third kappa shape index (κ3) is 5.18. The van der Waals surface area contributed by atoms with E-state index in [1.54, 1.807) is 17.5 Å². The van der Waals surface area contributed by atoms with Gasteiger partial charge in [-0.2, -0.15) is 0 Å². The molecule has 0 aliphatic carbocycles. The van der Waals surface area contributed by atoms with Gasteiger partial charge in [0.25, 0.3) is 5.91 Å². The molecule has 1 unspecified atom stereocenters. The summed E-state index contributed by atoms with van der Waals surface area (Å²) < 4.78 is 0. The number of carbonyl (C=O) groups excluding carboxylic acids is 2. The average molecular weight is 346 g/mol. The van der Waals surface area contributed by atoms with Gasteiger partial charge in [-0.15, -0.1) is 11.3 Å². The second kappa shape index (κ2) is 8.61. The Labute approximate surface area is 145 Å². The SMILES string of the molecule is CC(C)c1ccc(C(O)CNC(=O)CNC(=O)c2cccs2)cc1. The van der Waals surface area contributed by atoms with Crippen LogP contribution in [0.25, 0.3) is 0 Å².